The van der Waals surface area contributed by atoms with E-state index in [2.05, 4.69) is 81.8 Å². The number of urea groups is 1. The van der Waals surface area contributed by atoms with Gasteiger partial charge in [-0.1, -0.05) is 0 Å². The minimum atomic E-state index is -1.93. The van der Waals surface area contributed by atoms with Gasteiger partial charge in [-0.05, 0) is 0 Å². The van der Waals surface area contributed by atoms with Gasteiger partial charge in [0.1, 0.15) is 0 Å². The summed E-state index contributed by atoms with van der Waals surface area (Å²) >= 11 is 3.30. The van der Waals surface area contributed by atoms with Gasteiger partial charge in [0.25, 0.3) is 0 Å². The van der Waals surface area contributed by atoms with Crippen LogP contribution in [-0.4, -0.2) is 55.0 Å². The van der Waals surface area contributed by atoms with Crippen LogP contribution in [0.5, 0.6) is 0 Å². The van der Waals surface area contributed by atoms with Crippen molar-refractivity contribution in [3.63, 3.8) is 0 Å². The standard InChI is InChI=1S/C26H40N2O3Si.Cr/c1-18-15-21(31-32(8,9)26(3,4)5)16-23(30-7)22(18)17-28-24(19(2)27(6)25(28)29)20-13-11-10-12-14-20;/h10-14,16,18-19,22-24H,15H2,1-9H3;/t18-,19+,22+,23+,24+;/m1./s1. The van der Waals surface area contributed by atoms with Crippen molar-refractivity contribution in [2.24, 2.45) is 11.8 Å². The van der Waals surface area contributed by atoms with E-state index in [1.165, 1.54) is 0 Å². The molecule has 1 aromatic carbocycles. The Morgan fingerprint density at radius 1 is 1.15 bits per heavy atom. The molecule has 1 saturated heterocycles. The average Bonchev–Trinajstić information content (AvgIpc) is 2.96. The number of likely N-dealkylation sites (N-methyl/N-ethyl adjacent to an activating group) is 1. The molecule has 1 heterocycles. The SMILES string of the molecule is CO[C@H]1C=C(O[Si](C)(C)C(C)(C)C)C[C@@H](C)[C@@H]1[C](=[Cr])N1C(=O)N(C)[C@@H](C)[C@H]1c1ccccc1. The van der Waals surface area contributed by atoms with Crippen LogP contribution in [0.3, 0.4) is 0 Å². The molecule has 0 aromatic heterocycles. The fourth-order valence-corrected chi connectivity index (χ4v) is 6.62. The fraction of sp³-hybridized carbons (Fsp3) is 0.615. The van der Waals surface area contributed by atoms with Crippen LogP contribution >= 0.6 is 0 Å². The van der Waals surface area contributed by atoms with Gasteiger partial charge in [0.2, 0.25) is 0 Å². The molecule has 1 fully saturated rings. The number of allylic oxidation sites excluding steroid dienone is 1. The third kappa shape index (κ3) is 5.03. The molecule has 0 bridgehead atoms. The number of hydrogen-bond donors (Lipinski definition) is 0. The van der Waals surface area contributed by atoms with Crippen molar-refractivity contribution in [1.82, 2.24) is 9.80 Å². The second-order valence-electron chi connectivity index (χ2n) is 11.1. The van der Waals surface area contributed by atoms with Gasteiger partial charge < -0.3 is 0 Å². The maximum absolute atomic E-state index is 13.4. The fourth-order valence-electron chi connectivity index (χ4n) is 4.64. The van der Waals surface area contributed by atoms with Crippen LogP contribution in [-0.2, 0) is 25.0 Å². The van der Waals surface area contributed by atoms with Gasteiger partial charge in [0, 0.05) is 0 Å². The van der Waals surface area contributed by atoms with Crippen molar-refractivity contribution in [2.45, 2.75) is 77.4 Å². The zero-order valence-electron chi connectivity index (χ0n) is 21.6. The van der Waals surface area contributed by atoms with E-state index in [-0.39, 0.29) is 41.1 Å². The molecule has 7 heteroatoms. The van der Waals surface area contributed by atoms with Crippen LogP contribution in [0, 0.1) is 11.8 Å². The Hall–Kier alpha value is -1.39. The average molecular weight is 509 g/mol. The number of amides is 2. The molecule has 1 aliphatic heterocycles. The summed E-state index contributed by atoms with van der Waals surface area (Å²) in [6.45, 7) is 15.7. The number of ether oxygens (including phenoxy) is 1. The first kappa shape index (κ1) is 26.2. The summed E-state index contributed by atoms with van der Waals surface area (Å²) in [7, 11) is 1.70. The first-order chi connectivity index (χ1) is 15.3. The van der Waals surface area contributed by atoms with Gasteiger partial charge in [0.05, 0.1) is 0 Å². The summed E-state index contributed by atoms with van der Waals surface area (Å²) in [5.41, 5.74) is 1.14. The number of benzene rings is 1. The summed E-state index contributed by atoms with van der Waals surface area (Å²) in [6, 6.07) is 10.4. The molecule has 2 aliphatic rings. The number of carbonyl (C=O) groups excluding carboxylic acids is 1. The summed E-state index contributed by atoms with van der Waals surface area (Å²) in [5, 5.41) is 0.137. The molecule has 0 radical (unpaired) electrons. The molecule has 0 spiro atoms. The molecular formula is C26H40CrN2O3Si. The Morgan fingerprint density at radius 3 is 2.30 bits per heavy atom. The van der Waals surface area contributed by atoms with E-state index in [0.717, 1.165) is 22.2 Å². The first-order valence-corrected chi connectivity index (χ1v) is 15.4. The summed E-state index contributed by atoms with van der Waals surface area (Å²) in [4.78, 5) is 17.2. The maximum atomic E-state index is 13.4. The van der Waals surface area contributed by atoms with Crippen LogP contribution < -0.4 is 0 Å². The third-order valence-electron chi connectivity index (χ3n) is 7.82. The van der Waals surface area contributed by atoms with Crippen LogP contribution in [0.2, 0.25) is 18.1 Å². The van der Waals surface area contributed by atoms with Crippen molar-refractivity contribution >= 4 is 18.9 Å². The van der Waals surface area contributed by atoms with Crippen molar-refractivity contribution in [3.05, 3.63) is 47.7 Å². The molecule has 1 aromatic rings. The molecule has 0 N–H and O–H groups in total. The second-order valence-corrected chi connectivity index (χ2v) is 16.5. The quantitative estimate of drug-likeness (QED) is 0.461. The molecule has 0 saturated carbocycles. The van der Waals surface area contributed by atoms with Gasteiger partial charge in [0.15, 0.2) is 0 Å². The van der Waals surface area contributed by atoms with Crippen molar-refractivity contribution in [1.29, 1.82) is 0 Å². The third-order valence-corrected chi connectivity index (χ3v) is 12.9. The van der Waals surface area contributed by atoms with Crippen LogP contribution in [0.4, 0.5) is 4.79 Å². The van der Waals surface area contributed by atoms with Gasteiger partial charge in [-0.15, -0.1) is 0 Å². The zero-order chi connectivity index (χ0) is 24.7. The van der Waals surface area contributed by atoms with E-state index in [0.29, 0.717) is 0 Å². The first-order valence-electron chi connectivity index (χ1n) is 11.9. The van der Waals surface area contributed by atoms with Crippen molar-refractivity contribution < 1.29 is 29.8 Å². The minimum absolute atomic E-state index is 0.0273. The molecule has 1 aliphatic carbocycles. The van der Waals surface area contributed by atoms with Gasteiger partial charge in [-0.3, -0.25) is 0 Å². The van der Waals surface area contributed by atoms with Crippen LogP contribution in [0.1, 0.15) is 52.6 Å². The molecular weight excluding hydrogens is 468 g/mol. The molecule has 2 amide bonds. The summed E-state index contributed by atoms with van der Waals surface area (Å²) in [6.07, 6.45) is 2.83. The van der Waals surface area contributed by atoms with Crippen molar-refractivity contribution in [2.75, 3.05) is 14.2 Å². The number of nitrogens with zero attached hydrogens (tertiary/aromatic N) is 2. The topological polar surface area (TPSA) is 42.0 Å². The second kappa shape index (κ2) is 9.70. The number of rotatable bonds is 6. The van der Waals surface area contributed by atoms with E-state index in [1.54, 1.807) is 7.11 Å². The van der Waals surface area contributed by atoms with E-state index < -0.39 is 8.32 Å². The monoisotopic (exact) mass is 508 g/mol. The Labute approximate surface area is 209 Å². The predicted octanol–water partition coefficient (Wildman–Crippen LogP) is 5.74. The van der Waals surface area contributed by atoms with Crippen LogP contribution in [0.15, 0.2) is 42.2 Å². The number of methoxy groups -OCH3 is 1. The Morgan fingerprint density at radius 2 is 1.76 bits per heavy atom. The van der Waals surface area contributed by atoms with E-state index in [4.69, 9.17) is 9.16 Å². The zero-order valence-corrected chi connectivity index (χ0v) is 23.9. The number of carbonyl (C=O) groups is 1. The normalized spacial score (nSPS) is 28.7. The Kier molecular flexibility index (Phi) is 7.70. The van der Waals surface area contributed by atoms with E-state index >= 15 is 0 Å². The van der Waals surface area contributed by atoms with E-state index in [9.17, 15) is 4.79 Å². The van der Waals surface area contributed by atoms with Gasteiger partial charge >= 0.3 is 210 Å². The number of hydrogen-bond acceptors (Lipinski definition) is 3. The predicted molar refractivity (Wildman–Crippen MR) is 133 cm³/mol. The van der Waals surface area contributed by atoms with Crippen LogP contribution in [0.25, 0.3) is 0 Å². The Bertz CT molecular complexity index is 912. The summed E-state index contributed by atoms with van der Waals surface area (Å²) in [5.74, 6) is 1.35. The molecule has 33 heavy (non-hydrogen) atoms. The molecule has 5 nitrogen and oxygen atoms in total. The molecule has 3 rings (SSSR count). The Balaban J connectivity index is 1.92. The summed E-state index contributed by atoms with van der Waals surface area (Å²) < 4.78 is 13.6. The molecule has 182 valence electrons. The van der Waals surface area contributed by atoms with Gasteiger partial charge in [-0.2, -0.15) is 0 Å². The van der Waals surface area contributed by atoms with Crippen molar-refractivity contribution in [3.8, 4) is 0 Å². The molecule has 5 atom stereocenters. The van der Waals surface area contributed by atoms with E-state index in [1.807, 2.05) is 35.0 Å². The van der Waals surface area contributed by atoms with Gasteiger partial charge in [-0.25, -0.2) is 0 Å². The molecule has 0 unspecified atom stereocenters.